The average Bonchev–Trinajstić information content (AvgIpc) is 3.41. The number of benzene rings is 1. The SMILES string of the molecule is Cc1cc2c(cc1C(=N)N[C@H]1C[C@@H](N)C1)CCC([C@](C)(O/N=C(\C(=O)N[C@@H]1C(=O)N(OS(=O)(=O)O)C1(C)C)c1csc(N)n1)C(=O)O)O2. The number of amidine groups is 1. The van der Waals surface area contributed by atoms with Gasteiger partial charge in [0.2, 0.25) is 0 Å². The van der Waals surface area contributed by atoms with E-state index in [0.717, 1.165) is 35.3 Å². The molecular formula is C28H36N8O10S2. The van der Waals surface area contributed by atoms with Gasteiger partial charge in [-0.25, -0.2) is 9.78 Å². The van der Waals surface area contributed by atoms with Crippen LogP contribution in [0.1, 0.15) is 62.4 Å². The number of anilines is 1. The topological polar surface area (TPSA) is 282 Å². The molecule has 18 nitrogen and oxygen atoms in total. The van der Waals surface area contributed by atoms with Crippen molar-refractivity contribution in [2.24, 2.45) is 10.9 Å². The number of rotatable bonds is 11. The summed E-state index contributed by atoms with van der Waals surface area (Å²) in [5, 5.41) is 30.1. The summed E-state index contributed by atoms with van der Waals surface area (Å²) >= 11 is 0.962. The Bertz CT molecular complexity index is 1810. The molecule has 0 spiro atoms. The summed E-state index contributed by atoms with van der Waals surface area (Å²) in [7, 11) is -5.03. The molecule has 5 rings (SSSR count). The lowest BCUT2D eigenvalue weighted by atomic mass is 9.84. The number of hydrogen-bond acceptors (Lipinski definition) is 14. The van der Waals surface area contributed by atoms with Crippen molar-refractivity contribution in [1.82, 2.24) is 20.7 Å². The first-order valence-corrected chi connectivity index (χ1v) is 17.0. The lowest BCUT2D eigenvalue weighted by Gasteiger charge is -2.50. The van der Waals surface area contributed by atoms with E-state index in [1.807, 2.05) is 13.0 Å². The minimum atomic E-state index is -5.03. The molecular weight excluding hydrogens is 672 g/mol. The predicted octanol–water partition coefficient (Wildman–Crippen LogP) is 0.236. The van der Waals surface area contributed by atoms with Crippen molar-refractivity contribution < 1.29 is 46.3 Å². The highest BCUT2D eigenvalue weighted by Gasteiger charge is 2.58. The van der Waals surface area contributed by atoms with Crippen molar-refractivity contribution in [3.05, 3.63) is 39.9 Å². The Hall–Kier alpha value is -4.37. The molecule has 3 aliphatic rings. The number of aromatic nitrogens is 1. The van der Waals surface area contributed by atoms with Crippen LogP contribution in [0.15, 0.2) is 22.7 Å². The number of nitrogen functional groups attached to an aromatic ring is 1. The Morgan fingerprint density at radius 2 is 1.98 bits per heavy atom. The van der Waals surface area contributed by atoms with Gasteiger partial charge < -0.3 is 36.8 Å². The van der Waals surface area contributed by atoms with Crippen LogP contribution in [0.3, 0.4) is 0 Å². The first-order valence-electron chi connectivity index (χ1n) is 14.7. The van der Waals surface area contributed by atoms with Gasteiger partial charge in [-0.15, -0.1) is 15.6 Å². The van der Waals surface area contributed by atoms with Gasteiger partial charge in [-0.3, -0.25) is 19.6 Å². The summed E-state index contributed by atoms with van der Waals surface area (Å²) in [6.07, 6.45) is 1.07. The van der Waals surface area contributed by atoms with Crippen molar-refractivity contribution in [3.8, 4) is 5.75 Å². The van der Waals surface area contributed by atoms with Crippen molar-refractivity contribution >= 4 is 56.2 Å². The number of carbonyl (C=O) groups is 3. The molecule has 1 aromatic carbocycles. The Kier molecular flexibility index (Phi) is 9.16. The number of aliphatic carboxylic acids is 1. The van der Waals surface area contributed by atoms with Crippen molar-refractivity contribution in [2.75, 3.05) is 5.73 Å². The van der Waals surface area contributed by atoms with Crippen LogP contribution in [0, 0.1) is 12.3 Å². The van der Waals surface area contributed by atoms with Crippen LogP contribution in [0.25, 0.3) is 0 Å². The number of nitrogens with zero attached hydrogens (tertiary/aromatic N) is 3. The zero-order valence-corrected chi connectivity index (χ0v) is 28.0. The summed E-state index contributed by atoms with van der Waals surface area (Å²) in [6.45, 7) is 5.79. The maximum Gasteiger partial charge on any atom is 0.418 e. The first kappa shape index (κ1) is 35.0. The maximum absolute atomic E-state index is 13.5. The van der Waals surface area contributed by atoms with E-state index in [1.54, 1.807) is 6.07 Å². The summed E-state index contributed by atoms with van der Waals surface area (Å²) < 4.78 is 41.8. The highest BCUT2D eigenvalue weighted by Crippen LogP contribution is 2.36. The van der Waals surface area contributed by atoms with Crippen LogP contribution in [0.2, 0.25) is 0 Å². The van der Waals surface area contributed by atoms with Gasteiger partial charge in [0.05, 0.1) is 5.54 Å². The Morgan fingerprint density at radius 3 is 2.54 bits per heavy atom. The molecule has 1 aromatic heterocycles. The van der Waals surface area contributed by atoms with Crippen molar-refractivity contribution in [1.29, 1.82) is 5.41 Å². The van der Waals surface area contributed by atoms with Crippen LogP contribution in [-0.4, -0.2) is 92.8 Å². The highest BCUT2D eigenvalue weighted by molar-refractivity contribution is 7.80. The van der Waals surface area contributed by atoms with Crippen LogP contribution >= 0.6 is 11.3 Å². The normalized spacial score (nSPS) is 24.6. The van der Waals surface area contributed by atoms with Crippen LogP contribution in [-0.2, 0) is 40.3 Å². The van der Waals surface area contributed by atoms with Gasteiger partial charge in [-0.05, 0) is 76.6 Å². The number of nitrogens with two attached hydrogens (primary N) is 2. The second-order valence-corrected chi connectivity index (χ2v) is 14.5. The fourth-order valence-electron chi connectivity index (χ4n) is 5.65. The van der Waals surface area contributed by atoms with Gasteiger partial charge in [0, 0.05) is 23.0 Å². The molecule has 2 amide bonds. The van der Waals surface area contributed by atoms with E-state index in [2.05, 4.69) is 25.1 Å². The van der Waals surface area contributed by atoms with Crippen molar-refractivity contribution in [3.63, 3.8) is 0 Å². The number of thiazole rings is 1. The molecule has 20 heteroatoms. The summed E-state index contributed by atoms with van der Waals surface area (Å²) in [4.78, 5) is 48.4. The molecule has 2 aromatic rings. The minimum absolute atomic E-state index is 0.0563. The van der Waals surface area contributed by atoms with E-state index in [0.29, 0.717) is 22.8 Å². The van der Waals surface area contributed by atoms with E-state index >= 15 is 0 Å². The van der Waals surface area contributed by atoms with E-state index in [9.17, 15) is 27.9 Å². The molecule has 0 radical (unpaired) electrons. The molecule has 2 aliphatic heterocycles. The number of carbonyl (C=O) groups excluding carboxylic acids is 2. The number of fused-ring (bicyclic) bond motifs is 1. The monoisotopic (exact) mass is 708 g/mol. The fraction of sp³-hybridized carbons (Fsp3) is 0.500. The molecule has 1 saturated heterocycles. The van der Waals surface area contributed by atoms with Gasteiger partial charge >= 0.3 is 16.4 Å². The Labute approximate surface area is 279 Å². The molecule has 1 saturated carbocycles. The number of ether oxygens (including phenoxy) is 1. The average molecular weight is 709 g/mol. The van der Waals surface area contributed by atoms with Gasteiger partial charge in [0.1, 0.15) is 23.3 Å². The smallest absolute Gasteiger partial charge is 0.418 e. The molecule has 1 unspecified atom stereocenters. The number of β-lactam (4-membered cyclic amide) rings is 1. The van der Waals surface area contributed by atoms with E-state index in [1.165, 1.54) is 26.2 Å². The summed E-state index contributed by atoms with van der Waals surface area (Å²) in [5.41, 5.74) is 9.65. The Morgan fingerprint density at radius 1 is 1.29 bits per heavy atom. The third-order valence-electron chi connectivity index (χ3n) is 8.61. The number of carboxylic acid groups (broad SMARTS) is 1. The van der Waals surface area contributed by atoms with Gasteiger partial charge in [-0.2, -0.15) is 13.5 Å². The van der Waals surface area contributed by atoms with E-state index in [-0.39, 0.29) is 35.2 Å². The largest absolute Gasteiger partial charge is 0.485 e. The van der Waals surface area contributed by atoms with Crippen LogP contribution < -0.4 is 26.8 Å². The lowest BCUT2D eigenvalue weighted by Crippen LogP contribution is -2.76. The van der Waals surface area contributed by atoms with Gasteiger partial charge in [0.15, 0.2) is 16.9 Å². The van der Waals surface area contributed by atoms with Crippen LogP contribution in [0.5, 0.6) is 5.75 Å². The highest BCUT2D eigenvalue weighted by atomic mass is 32.3. The quantitative estimate of drug-likeness (QED) is 0.0541. The number of hydroxylamine groups is 2. The number of nitrogens with one attached hydrogen (secondary N) is 3. The minimum Gasteiger partial charge on any atom is -0.485 e. The lowest BCUT2D eigenvalue weighted by molar-refractivity contribution is -0.218. The number of hydrogen-bond donors (Lipinski definition) is 7. The van der Waals surface area contributed by atoms with Crippen molar-refractivity contribution in [2.45, 2.75) is 88.7 Å². The molecule has 1 aliphatic carbocycles. The number of aryl methyl sites for hydroxylation is 2. The van der Waals surface area contributed by atoms with E-state index < -0.39 is 57.2 Å². The molecule has 3 atom stereocenters. The molecule has 260 valence electrons. The molecule has 48 heavy (non-hydrogen) atoms. The first-order chi connectivity index (χ1) is 22.3. The standard InChI is InChI=1S/C28H36N8O10S2/c1-12-7-18-13(8-16(12)22(30)32-15-9-14(29)10-15)5-6-19(44-18)28(4,25(39)40)45-35-20(17-11-47-26(31)33-17)23(37)34-21-24(38)36(27(21,2)3)46-48(41,42)43/h7-8,11,14-15,19,21H,5-6,9-10,29H2,1-4H3,(H2,30,32)(H2,31,33)(H,34,37)(H,39,40)(H,41,42,43)/b35-20-/t14-,15+,19?,21-,28+/m1/s1. The maximum atomic E-state index is 13.5. The second kappa shape index (κ2) is 12.6. The molecule has 0 bridgehead atoms. The van der Waals surface area contributed by atoms with Gasteiger partial charge in [-0.1, -0.05) is 5.16 Å². The Balaban J connectivity index is 1.36. The zero-order chi connectivity index (χ0) is 35.3. The molecule has 9 N–H and O–H groups in total. The number of oxime groups is 1. The third kappa shape index (κ3) is 6.79. The van der Waals surface area contributed by atoms with Crippen LogP contribution in [0.4, 0.5) is 5.13 Å². The number of amides is 2. The van der Waals surface area contributed by atoms with E-state index in [4.69, 9.17) is 31.0 Å². The zero-order valence-electron chi connectivity index (χ0n) is 26.3. The fourth-order valence-corrected chi connectivity index (χ4v) is 6.65. The summed E-state index contributed by atoms with van der Waals surface area (Å²) in [6, 6.07) is 2.50. The van der Waals surface area contributed by atoms with Gasteiger partial charge in [0.25, 0.3) is 17.4 Å². The summed E-state index contributed by atoms with van der Waals surface area (Å²) in [5.74, 6) is -2.78. The predicted molar refractivity (Wildman–Crippen MR) is 171 cm³/mol. The molecule has 2 fully saturated rings. The number of carboxylic acids is 1. The molecule has 3 heterocycles. The second-order valence-electron chi connectivity index (χ2n) is 12.6. The third-order valence-corrected chi connectivity index (χ3v) is 9.62.